The zero-order valence-corrected chi connectivity index (χ0v) is 11.1. The van der Waals surface area contributed by atoms with E-state index >= 15 is 0 Å². The van der Waals surface area contributed by atoms with Gasteiger partial charge >= 0.3 is 0 Å². The quantitative estimate of drug-likeness (QED) is 0.891. The van der Waals surface area contributed by atoms with Crippen LogP contribution >= 0.6 is 0 Å². The third-order valence-corrected chi connectivity index (χ3v) is 2.95. The maximum Gasteiger partial charge on any atom is 0.133 e. The number of hydrogen-bond donors (Lipinski definition) is 1. The Labute approximate surface area is 112 Å². The van der Waals surface area contributed by atoms with Crippen molar-refractivity contribution in [1.29, 1.82) is 0 Å². The average molecular weight is 260 g/mol. The number of benzene rings is 2. The van der Waals surface area contributed by atoms with Gasteiger partial charge in [-0.25, -0.2) is 4.39 Å². The Hall–Kier alpha value is -1.87. The molecule has 0 saturated heterocycles. The van der Waals surface area contributed by atoms with Crippen LogP contribution in [-0.4, -0.2) is 5.11 Å². The summed E-state index contributed by atoms with van der Waals surface area (Å²) in [5.74, 6) is 1.19. The molecule has 1 N–H and O–H groups in total. The van der Waals surface area contributed by atoms with Gasteiger partial charge in [0.05, 0.1) is 6.61 Å². The summed E-state index contributed by atoms with van der Waals surface area (Å²) in [5.41, 5.74) is 1.61. The highest BCUT2D eigenvalue weighted by atomic mass is 19.1. The summed E-state index contributed by atoms with van der Waals surface area (Å²) in [6.45, 7) is 3.96. The number of halogens is 1. The first kappa shape index (κ1) is 13.6. The van der Waals surface area contributed by atoms with Crippen molar-refractivity contribution in [2.24, 2.45) is 0 Å². The van der Waals surface area contributed by atoms with E-state index in [0.29, 0.717) is 23.0 Å². The highest BCUT2D eigenvalue weighted by molar-refractivity contribution is 5.39. The minimum Gasteiger partial charge on any atom is -0.457 e. The van der Waals surface area contributed by atoms with Gasteiger partial charge in [-0.15, -0.1) is 0 Å². The lowest BCUT2D eigenvalue weighted by Crippen LogP contribution is -1.94. The lowest BCUT2D eigenvalue weighted by Gasteiger charge is -2.12. The van der Waals surface area contributed by atoms with Crippen molar-refractivity contribution in [1.82, 2.24) is 0 Å². The summed E-state index contributed by atoms with van der Waals surface area (Å²) >= 11 is 0. The molecule has 2 aromatic carbocycles. The van der Waals surface area contributed by atoms with Crippen LogP contribution in [0.15, 0.2) is 42.5 Å². The molecule has 2 nitrogen and oxygen atoms in total. The Morgan fingerprint density at radius 1 is 1.16 bits per heavy atom. The minimum absolute atomic E-state index is 0.253. The summed E-state index contributed by atoms with van der Waals surface area (Å²) in [5, 5.41) is 9.22. The first-order valence-electron chi connectivity index (χ1n) is 6.27. The monoisotopic (exact) mass is 260 g/mol. The van der Waals surface area contributed by atoms with Crippen LogP contribution in [0.1, 0.15) is 30.9 Å². The van der Waals surface area contributed by atoms with Crippen LogP contribution in [0.5, 0.6) is 11.5 Å². The number of rotatable bonds is 4. The van der Waals surface area contributed by atoms with Crippen LogP contribution in [0.4, 0.5) is 4.39 Å². The fourth-order valence-corrected chi connectivity index (χ4v) is 1.84. The van der Waals surface area contributed by atoms with Crippen molar-refractivity contribution in [3.63, 3.8) is 0 Å². The van der Waals surface area contributed by atoms with Gasteiger partial charge in [-0.2, -0.15) is 0 Å². The van der Waals surface area contributed by atoms with Crippen molar-refractivity contribution in [3.05, 3.63) is 59.4 Å². The third-order valence-electron chi connectivity index (χ3n) is 2.95. The maximum atomic E-state index is 13.1. The Balaban J connectivity index is 2.28. The van der Waals surface area contributed by atoms with Gasteiger partial charge in [0.25, 0.3) is 0 Å². The normalized spacial score (nSPS) is 10.8. The molecule has 0 saturated carbocycles. The fourth-order valence-electron chi connectivity index (χ4n) is 1.84. The van der Waals surface area contributed by atoms with Gasteiger partial charge in [-0.1, -0.05) is 26.0 Å². The number of aliphatic hydroxyl groups excluding tert-OH is 1. The first-order chi connectivity index (χ1) is 9.10. The van der Waals surface area contributed by atoms with Gasteiger partial charge in [0.15, 0.2) is 0 Å². The van der Waals surface area contributed by atoms with E-state index in [0.717, 1.165) is 0 Å². The molecule has 0 fully saturated rings. The SMILES string of the molecule is CC(C)c1cccc(Oc2ccc(F)cc2CO)c1. The Morgan fingerprint density at radius 2 is 1.95 bits per heavy atom. The molecular formula is C16H17FO2. The molecule has 0 aromatic heterocycles. The Morgan fingerprint density at radius 3 is 2.63 bits per heavy atom. The number of aliphatic hydroxyl groups is 1. The van der Waals surface area contributed by atoms with E-state index in [4.69, 9.17) is 4.74 Å². The summed E-state index contributed by atoms with van der Waals surface area (Å²) < 4.78 is 18.8. The summed E-state index contributed by atoms with van der Waals surface area (Å²) in [7, 11) is 0. The van der Waals surface area contributed by atoms with E-state index in [1.165, 1.54) is 23.8 Å². The lowest BCUT2D eigenvalue weighted by molar-refractivity contribution is 0.276. The molecule has 0 aliphatic heterocycles. The summed E-state index contributed by atoms with van der Waals surface area (Å²) in [4.78, 5) is 0. The average Bonchev–Trinajstić information content (AvgIpc) is 2.41. The van der Waals surface area contributed by atoms with Crippen molar-refractivity contribution in [2.45, 2.75) is 26.4 Å². The molecular weight excluding hydrogens is 243 g/mol. The second-order valence-corrected chi connectivity index (χ2v) is 4.74. The molecule has 0 amide bonds. The molecule has 0 unspecified atom stereocenters. The molecule has 3 heteroatoms. The summed E-state index contributed by atoms with van der Waals surface area (Å²) in [6, 6.07) is 11.9. The van der Waals surface area contributed by atoms with Crippen molar-refractivity contribution >= 4 is 0 Å². The second kappa shape index (κ2) is 5.85. The zero-order chi connectivity index (χ0) is 13.8. The first-order valence-corrected chi connectivity index (χ1v) is 6.27. The molecule has 0 heterocycles. The van der Waals surface area contributed by atoms with Crippen LogP contribution < -0.4 is 4.74 Å². The second-order valence-electron chi connectivity index (χ2n) is 4.74. The lowest BCUT2D eigenvalue weighted by atomic mass is 10.0. The maximum absolute atomic E-state index is 13.1. The molecule has 2 rings (SSSR count). The fraction of sp³-hybridized carbons (Fsp3) is 0.250. The van der Waals surface area contributed by atoms with E-state index in [2.05, 4.69) is 13.8 Å². The molecule has 100 valence electrons. The van der Waals surface area contributed by atoms with Crippen LogP contribution in [0.2, 0.25) is 0 Å². The van der Waals surface area contributed by atoms with Gasteiger partial charge < -0.3 is 9.84 Å². The van der Waals surface area contributed by atoms with Crippen LogP contribution in [0, 0.1) is 5.82 Å². The van der Waals surface area contributed by atoms with Crippen LogP contribution in [0.3, 0.4) is 0 Å². The molecule has 0 aliphatic rings. The van der Waals surface area contributed by atoms with Gasteiger partial charge in [0.2, 0.25) is 0 Å². The van der Waals surface area contributed by atoms with Gasteiger partial charge in [-0.05, 0) is 41.8 Å². The van der Waals surface area contributed by atoms with Gasteiger partial charge in [0.1, 0.15) is 17.3 Å². The minimum atomic E-state index is -0.382. The van der Waals surface area contributed by atoms with Crippen molar-refractivity contribution < 1.29 is 14.2 Å². The number of hydrogen-bond acceptors (Lipinski definition) is 2. The van der Waals surface area contributed by atoms with E-state index in [-0.39, 0.29) is 12.4 Å². The van der Waals surface area contributed by atoms with Crippen molar-refractivity contribution in [3.8, 4) is 11.5 Å². The standard InChI is InChI=1S/C16H17FO2/c1-11(2)12-4-3-5-15(9-12)19-16-7-6-14(17)8-13(16)10-18/h3-9,11,18H,10H2,1-2H3. The van der Waals surface area contributed by atoms with E-state index < -0.39 is 0 Å². The zero-order valence-electron chi connectivity index (χ0n) is 11.1. The molecule has 2 aromatic rings. The Kier molecular flexibility index (Phi) is 4.17. The third kappa shape index (κ3) is 3.32. The van der Waals surface area contributed by atoms with Crippen molar-refractivity contribution in [2.75, 3.05) is 0 Å². The molecule has 0 aliphatic carbocycles. The van der Waals surface area contributed by atoms with Gasteiger partial charge in [0, 0.05) is 5.56 Å². The number of ether oxygens (including phenoxy) is 1. The largest absolute Gasteiger partial charge is 0.457 e. The van der Waals surface area contributed by atoms with E-state index in [1.807, 2.05) is 24.3 Å². The molecule has 0 bridgehead atoms. The van der Waals surface area contributed by atoms with Crippen LogP contribution in [0.25, 0.3) is 0 Å². The highest BCUT2D eigenvalue weighted by Gasteiger charge is 2.07. The summed E-state index contributed by atoms with van der Waals surface area (Å²) in [6.07, 6.45) is 0. The molecule has 0 spiro atoms. The van der Waals surface area contributed by atoms with E-state index in [9.17, 15) is 9.50 Å². The van der Waals surface area contributed by atoms with E-state index in [1.54, 1.807) is 0 Å². The molecule has 0 radical (unpaired) electrons. The highest BCUT2D eigenvalue weighted by Crippen LogP contribution is 2.28. The predicted octanol–water partition coefficient (Wildman–Crippen LogP) is 4.23. The van der Waals surface area contributed by atoms with Crippen LogP contribution in [-0.2, 0) is 6.61 Å². The van der Waals surface area contributed by atoms with Gasteiger partial charge in [-0.3, -0.25) is 0 Å². The Bertz CT molecular complexity index is 564. The topological polar surface area (TPSA) is 29.5 Å². The smallest absolute Gasteiger partial charge is 0.133 e. The molecule has 0 atom stereocenters. The molecule has 19 heavy (non-hydrogen) atoms. The predicted molar refractivity (Wildman–Crippen MR) is 72.9 cm³/mol.